The molecule has 104 valence electrons. The van der Waals surface area contributed by atoms with E-state index in [0.29, 0.717) is 0 Å². The maximum atomic E-state index is 13.6. The number of nitrogen functional groups attached to an aromatic ring is 1. The van der Waals surface area contributed by atoms with Gasteiger partial charge in [-0.2, -0.15) is 0 Å². The topological polar surface area (TPSA) is 98.3 Å². The van der Waals surface area contributed by atoms with E-state index in [4.69, 9.17) is 5.73 Å². The highest BCUT2D eigenvalue weighted by molar-refractivity contribution is 7.09. The normalized spacial score (nSPS) is 10.2. The summed E-state index contributed by atoms with van der Waals surface area (Å²) >= 11 is 1.43. The second-order valence-corrected chi connectivity index (χ2v) is 4.91. The van der Waals surface area contributed by atoms with Crippen LogP contribution in [0.4, 0.5) is 15.8 Å². The lowest BCUT2D eigenvalue weighted by molar-refractivity contribution is -0.384. The summed E-state index contributed by atoms with van der Waals surface area (Å²) in [6, 6.07) is 5.40. The molecule has 0 unspecified atom stereocenters. The third-order valence-corrected chi connectivity index (χ3v) is 3.48. The second-order valence-electron chi connectivity index (χ2n) is 3.87. The van der Waals surface area contributed by atoms with Gasteiger partial charge in [0.25, 0.3) is 11.6 Å². The van der Waals surface area contributed by atoms with E-state index in [0.717, 1.165) is 17.0 Å². The van der Waals surface area contributed by atoms with Crippen LogP contribution in [0.1, 0.15) is 15.2 Å². The number of hydrogen-bond donors (Lipinski definition) is 2. The van der Waals surface area contributed by atoms with Crippen molar-refractivity contribution in [3.8, 4) is 0 Å². The summed E-state index contributed by atoms with van der Waals surface area (Å²) in [5.41, 5.74) is 4.02. The third-order valence-electron chi connectivity index (χ3n) is 2.60. The fourth-order valence-corrected chi connectivity index (χ4v) is 2.29. The van der Waals surface area contributed by atoms with Crippen LogP contribution in [0.25, 0.3) is 0 Å². The fraction of sp³-hybridized carbons (Fsp3) is 0.0833. The summed E-state index contributed by atoms with van der Waals surface area (Å²) in [5.74, 6) is -1.67. The van der Waals surface area contributed by atoms with Crippen molar-refractivity contribution in [1.82, 2.24) is 5.32 Å². The summed E-state index contributed by atoms with van der Waals surface area (Å²) in [6.45, 7) is 0.206. The minimum atomic E-state index is -0.892. The molecule has 0 atom stereocenters. The summed E-state index contributed by atoms with van der Waals surface area (Å²) in [4.78, 5) is 22.8. The average Bonchev–Trinajstić information content (AvgIpc) is 2.89. The Morgan fingerprint density at radius 2 is 2.20 bits per heavy atom. The molecule has 0 aliphatic carbocycles. The fourth-order valence-electron chi connectivity index (χ4n) is 1.64. The smallest absolute Gasteiger partial charge is 0.293 e. The zero-order valence-electron chi connectivity index (χ0n) is 10.1. The van der Waals surface area contributed by atoms with Crippen LogP contribution in [0.15, 0.2) is 29.6 Å². The second kappa shape index (κ2) is 5.66. The van der Waals surface area contributed by atoms with Crippen molar-refractivity contribution in [3.05, 3.63) is 56.0 Å². The van der Waals surface area contributed by atoms with Crippen molar-refractivity contribution in [2.75, 3.05) is 5.73 Å². The molecule has 0 aliphatic rings. The van der Waals surface area contributed by atoms with Gasteiger partial charge in [-0.1, -0.05) is 6.07 Å². The predicted octanol–water partition coefficient (Wildman–Crippen LogP) is 2.31. The number of carbonyl (C=O) groups is 1. The van der Waals surface area contributed by atoms with Crippen molar-refractivity contribution in [2.45, 2.75) is 6.54 Å². The Hall–Kier alpha value is -2.48. The zero-order valence-corrected chi connectivity index (χ0v) is 10.9. The standard InChI is InChI=1S/C12H10FN3O3S/c13-8-3-4-9(16(18)19)11(14)10(8)12(17)15-6-7-2-1-5-20-7/h1-5H,6,14H2,(H,15,17). The van der Waals surface area contributed by atoms with Gasteiger partial charge in [-0.05, 0) is 17.5 Å². The molecule has 0 saturated carbocycles. The van der Waals surface area contributed by atoms with E-state index in [1.807, 2.05) is 11.4 Å². The lowest BCUT2D eigenvalue weighted by Gasteiger charge is -2.08. The average molecular weight is 295 g/mol. The Labute approximate surface area is 117 Å². The number of carbonyl (C=O) groups excluding carboxylic acids is 1. The van der Waals surface area contributed by atoms with Crippen LogP contribution in [0.2, 0.25) is 0 Å². The van der Waals surface area contributed by atoms with Crippen LogP contribution in [-0.2, 0) is 6.54 Å². The van der Waals surface area contributed by atoms with Crippen molar-refractivity contribution in [2.24, 2.45) is 0 Å². The van der Waals surface area contributed by atoms with Gasteiger partial charge in [-0.3, -0.25) is 14.9 Å². The van der Waals surface area contributed by atoms with Crippen LogP contribution in [-0.4, -0.2) is 10.8 Å². The number of rotatable bonds is 4. The van der Waals surface area contributed by atoms with Crippen molar-refractivity contribution in [1.29, 1.82) is 0 Å². The number of nitrogens with zero attached hydrogens (tertiary/aromatic N) is 1. The Bertz CT molecular complexity index is 658. The molecular weight excluding hydrogens is 285 g/mol. The van der Waals surface area contributed by atoms with E-state index in [1.54, 1.807) is 6.07 Å². The van der Waals surface area contributed by atoms with Gasteiger partial charge in [-0.25, -0.2) is 4.39 Å². The number of nitro groups is 1. The van der Waals surface area contributed by atoms with Crippen molar-refractivity contribution >= 4 is 28.6 Å². The highest BCUT2D eigenvalue weighted by atomic mass is 32.1. The highest BCUT2D eigenvalue weighted by Crippen LogP contribution is 2.27. The quantitative estimate of drug-likeness (QED) is 0.513. The Morgan fingerprint density at radius 1 is 1.45 bits per heavy atom. The molecule has 1 aromatic carbocycles. The van der Waals surface area contributed by atoms with Gasteiger partial charge in [0.1, 0.15) is 17.1 Å². The molecule has 3 N–H and O–H groups in total. The Morgan fingerprint density at radius 3 is 2.80 bits per heavy atom. The van der Waals surface area contributed by atoms with Crippen LogP contribution in [0.3, 0.4) is 0 Å². The molecule has 0 aliphatic heterocycles. The van der Waals surface area contributed by atoms with Gasteiger partial charge in [0.05, 0.1) is 11.5 Å². The molecule has 6 nitrogen and oxygen atoms in total. The number of hydrogen-bond acceptors (Lipinski definition) is 5. The number of nitrogens with one attached hydrogen (secondary N) is 1. The summed E-state index contributed by atoms with van der Waals surface area (Å²) in [5, 5.41) is 15.0. The van der Waals surface area contributed by atoms with E-state index in [9.17, 15) is 19.3 Å². The minimum Gasteiger partial charge on any atom is -0.392 e. The Kier molecular flexibility index (Phi) is 3.94. The SMILES string of the molecule is Nc1c([N+](=O)[O-])ccc(F)c1C(=O)NCc1cccs1. The van der Waals surface area contributed by atoms with Crippen LogP contribution in [0, 0.1) is 15.9 Å². The van der Waals surface area contributed by atoms with Crippen LogP contribution in [0.5, 0.6) is 0 Å². The molecule has 1 amide bonds. The number of thiophene rings is 1. The summed E-state index contributed by atoms with van der Waals surface area (Å²) in [7, 11) is 0. The molecule has 0 saturated heterocycles. The third kappa shape index (κ3) is 2.75. The number of amides is 1. The lowest BCUT2D eigenvalue weighted by atomic mass is 10.1. The summed E-state index contributed by atoms with van der Waals surface area (Å²) in [6.07, 6.45) is 0. The van der Waals surface area contributed by atoms with E-state index in [-0.39, 0.29) is 6.54 Å². The van der Waals surface area contributed by atoms with Gasteiger partial charge in [0, 0.05) is 10.9 Å². The highest BCUT2D eigenvalue weighted by Gasteiger charge is 2.23. The molecule has 0 radical (unpaired) electrons. The van der Waals surface area contributed by atoms with Gasteiger partial charge in [-0.15, -0.1) is 11.3 Å². The molecule has 1 heterocycles. The Balaban J connectivity index is 2.25. The largest absolute Gasteiger partial charge is 0.392 e. The number of nitro benzene ring substituents is 1. The maximum Gasteiger partial charge on any atom is 0.293 e. The van der Waals surface area contributed by atoms with E-state index >= 15 is 0 Å². The van der Waals surface area contributed by atoms with Gasteiger partial charge in [0.15, 0.2) is 0 Å². The minimum absolute atomic E-state index is 0.206. The molecular formula is C12H10FN3O3S. The first-order valence-corrected chi connectivity index (χ1v) is 6.41. The number of nitrogens with two attached hydrogens (primary N) is 1. The van der Waals surface area contributed by atoms with Gasteiger partial charge < -0.3 is 11.1 Å². The molecule has 0 bridgehead atoms. The molecule has 0 spiro atoms. The number of halogens is 1. The van der Waals surface area contributed by atoms with Gasteiger partial charge in [0.2, 0.25) is 0 Å². The van der Waals surface area contributed by atoms with E-state index in [2.05, 4.69) is 5.32 Å². The first kappa shape index (κ1) is 13.9. The number of benzene rings is 1. The maximum absolute atomic E-state index is 13.6. The number of anilines is 1. The lowest BCUT2D eigenvalue weighted by Crippen LogP contribution is -2.25. The van der Waals surface area contributed by atoms with Crippen molar-refractivity contribution in [3.63, 3.8) is 0 Å². The molecule has 2 rings (SSSR count). The van der Waals surface area contributed by atoms with Crippen molar-refractivity contribution < 1.29 is 14.1 Å². The molecule has 0 fully saturated rings. The van der Waals surface area contributed by atoms with E-state index < -0.39 is 33.6 Å². The predicted molar refractivity (Wildman–Crippen MR) is 73.0 cm³/mol. The molecule has 1 aromatic heterocycles. The first-order valence-electron chi connectivity index (χ1n) is 5.53. The zero-order chi connectivity index (χ0) is 14.7. The van der Waals surface area contributed by atoms with Gasteiger partial charge >= 0.3 is 0 Å². The van der Waals surface area contributed by atoms with E-state index in [1.165, 1.54) is 11.3 Å². The molecule has 8 heteroatoms. The monoisotopic (exact) mass is 295 g/mol. The molecule has 20 heavy (non-hydrogen) atoms. The summed E-state index contributed by atoms with van der Waals surface area (Å²) < 4.78 is 13.6. The molecule has 2 aromatic rings. The first-order chi connectivity index (χ1) is 9.50. The van der Waals surface area contributed by atoms with Crippen LogP contribution >= 0.6 is 11.3 Å². The van der Waals surface area contributed by atoms with Crippen LogP contribution < -0.4 is 11.1 Å².